The average molecular weight is 240 g/mol. The van der Waals surface area contributed by atoms with Gasteiger partial charge in [-0.1, -0.05) is 0 Å². The molecule has 0 saturated carbocycles. The molecule has 0 saturated heterocycles. The molecular weight excluding hydrogens is 224 g/mol. The first kappa shape index (κ1) is 13.1. The van der Waals surface area contributed by atoms with Crippen molar-refractivity contribution >= 4 is 12.0 Å². The summed E-state index contributed by atoms with van der Waals surface area (Å²) in [6, 6.07) is 2.97. The summed E-state index contributed by atoms with van der Waals surface area (Å²) in [6.45, 7) is 2.14. The van der Waals surface area contributed by atoms with Crippen molar-refractivity contribution in [2.75, 3.05) is 6.54 Å². The summed E-state index contributed by atoms with van der Waals surface area (Å²) < 4.78 is 5.13. The maximum Gasteiger partial charge on any atom is 0.315 e. The van der Waals surface area contributed by atoms with E-state index in [0.717, 1.165) is 0 Å². The zero-order valence-electron chi connectivity index (χ0n) is 9.60. The minimum absolute atomic E-state index is 0.0496. The fraction of sp³-hybridized carbons (Fsp3) is 0.455. The van der Waals surface area contributed by atoms with E-state index in [1.54, 1.807) is 19.1 Å². The van der Waals surface area contributed by atoms with Crippen LogP contribution in [0.5, 0.6) is 0 Å². The Morgan fingerprint density at radius 3 is 2.88 bits per heavy atom. The van der Waals surface area contributed by atoms with Gasteiger partial charge in [-0.15, -0.1) is 0 Å². The largest absolute Gasteiger partial charge is 0.481 e. The van der Waals surface area contributed by atoms with E-state index in [1.165, 1.54) is 6.26 Å². The fourth-order valence-electron chi connectivity index (χ4n) is 1.30. The van der Waals surface area contributed by atoms with Crippen molar-refractivity contribution in [3.05, 3.63) is 24.2 Å². The molecule has 1 heterocycles. The van der Waals surface area contributed by atoms with Crippen LogP contribution in [0.1, 0.15) is 31.6 Å². The molecule has 6 heteroatoms. The van der Waals surface area contributed by atoms with Crippen molar-refractivity contribution in [1.29, 1.82) is 0 Å². The van der Waals surface area contributed by atoms with E-state index >= 15 is 0 Å². The monoisotopic (exact) mass is 240 g/mol. The van der Waals surface area contributed by atoms with Crippen LogP contribution < -0.4 is 10.6 Å². The molecule has 1 aromatic rings. The number of hydrogen-bond donors (Lipinski definition) is 3. The molecule has 0 aromatic carbocycles. The lowest BCUT2D eigenvalue weighted by molar-refractivity contribution is -0.137. The number of carbonyl (C=O) groups excluding carboxylic acids is 1. The van der Waals surface area contributed by atoms with Crippen LogP contribution in [0.3, 0.4) is 0 Å². The van der Waals surface area contributed by atoms with E-state index in [9.17, 15) is 9.59 Å². The Morgan fingerprint density at radius 1 is 1.53 bits per heavy atom. The molecule has 1 aromatic heterocycles. The number of amides is 2. The predicted octanol–water partition coefficient (Wildman–Crippen LogP) is 1.50. The molecule has 0 fully saturated rings. The van der Waals surface area contributed by atoms with Crippen LogP contribution in [-0.2, 0) is 4.79 Å². The van der Waals surface area contributed by atoms with E-state index in [1.807, 2.05) is 0 Å². The number of carboxylic acids is 1. The topological polar surface area (TPSA) is 91.6 Å². The van der Waals surface area contributed by atoms with Crippen LogP contribution in [0.25, 0.3) is 0 Å². The summed E-state index contributed by atoms with van der Waals surface area (Å²) in [5, 5.41) is 13.7. The second kappa shape index (κ2) is 6.57. The third-order valence-corrected chi connectivity index (χ3v) is 2.17. The van der Waals surface area contributed by atoms with Gasteiger partial charge in [0.05, 0.1) is 12.3 Å². The Morgan fingerprint density at radius 2 is 2.29 bits per heavy atom. The summed E-state index contributed by atoms with van der Waals surface area (Å²) in [7, 11) is 0. The second-order valence-corrected chi connectivity index (χ2v) is 3.63. The van der Waals surface area contributed by atoms with Crippen LogP contribution in [0.4, 0.5) is 4.79 Å². The Hall–Kier alpha value is -1.98. The molecule has 0 spiro atoms. The highest BCUT2D eigenvalue weighted by Crippen LogP contribution is 2.11. The van der Waals surface area contributed by atoms with Crippen molar-refractivity contribution in [1.82, 2.24) is 10.6 Å². The standard InChI is InChI=1S/C11H16N2O4/c1-8(9-4-3-7-17-9)13-11(16)12-6-2-5-10(14)15/h3-4,7-8H,2,5-6H2,1H3,(H,14,15)(H2,12,13,16). The number of nitrogens with one attached hydrogen (secondary N) is 2. The van der Waals surface area contributed by atoms with Crippen molar-refractivity contribution in [3.8, 4) is 0 Å². The van der Waals surface area contributed by atoms with Crippen molar-refractivity contribution in [3.63, 3.8) is 0 Å². The molecule has 0 radical (unpaired) electrons. The van der Waals surface area contributed by atoms with Crippen molar-refractivity contribution in [2.45, 2.75) is 25.8 Å². The minimum atomic E-state index is -0.865. The van der Waals surface area contributed by atoms with Gasteiger partial charge in [0, 0.05) is 13.0 Å². The van der Waals surface area contributed by atoms with Gasteiger partial charge in [0.2, 0.25) is 0 Å². The van der Waals surface area contributed by atoms with Crippen LogP contribution >= 0.6 is 0 Å². The smallest absolute Gasteiger partial charge is 0.315 e. The van der Waals surface area contributed by atoms with Gasteiger partial charge in [-0.3, -0.25) is 4.79 Å². The van der Waals surface area contributed by atoms with Crippen LogP contribution in [0.2, 0.25) is 0 Å². The maximum atomic E-state index is 11.4. The van der Waals surface area contributed by atoms with Gasteiger partial charge in [-0.25, -0.2) is 4.79 Å². The summed E-state index contributed by atoms with van der Waals surface area (Å²) in [5.41, 5.74) is 0. The second-order valence-electron chi connectivity index (χ2n) is 3.63. The molecule has 0 bridgehead atoms. The summed E-state index contributed by atoms with van der Waals surface area (Å²) >= 11 is 0. The number of carboxylic acid groups (broad SMARTS) is 1. The van der Waals surface area contributed by atoms with Crippen LogP contribution in [-0.4, -0.2) is 23.7 Å². The summed E-state index contributed by atoms with van der Waals surface area (Å²) in [6.07, 6.45) is 2.00. The molecular formula is C11H16N2O4. The first-order valence-electron chi connectivity index (χ1n) is 5.39. The van der Waals surface area contributed by atoms with Crippen LogP contribution in [0, 0.1) is 0 Å². The highest BCUT2D eigenvalue weighted by Gasteiger charge is 2.10. The minimum Gasteiger partial charge on any atom is -0.481 e. The number of carbonyl (C=O) groups is 2. The number of furan rings is 1. The molecule has 0 aliphatic carbocycles. The van der Waals surface area contributed by atoms with E-state index in [2.05, 4.69) is 10.6 Å². The van der Waals surface area contributed by atoms with Gasteiger partial charge in [-0.2, -0.15) is 0 Å². The van der Waals surface area contributed by atoms with Gasteiger partial charge in [0.1, 0.15) is 5.76 Å². The zero-order valence-corrected chi connectivity index (χ0v) is 9.60. The number of aliphatic carboxylic acids is 1. The molecule has 17 heavy (non-hydrogen) atoms. The zero-order chi connectivity index (χ0) is 12.7. The highest BCUT2D eigenvalue weighted by atomic mass is 16.4. The SMILES string of the molecule is CC(NC(=O)NCCCC(=O)O)c1ccco1. The number of urea groups is 1. The molecule has 3 N–H and O–H groups in total. The summed E-state index contributed by atoms with van der Waals surface area (Å²) in [4.78, 5) is 21.6. The molecule has 94 valence electrons. The molecule has 1 atom stereocenters. The first-order chi connectivity index (χ1) is 8.09. The normalized spacial score (nSPS) is 11.8. The van der Waals surface area contributed by atoms with Gasteiger partial charge >= 0.3 is 12.0 Å². The first-order valence-corrected chi connectivity index (χ1v) is 5.39. The van der Waals surface area contributed by atoms with Gasteiger partial charge < -0.3 is 20.2 Å². The molecule has 0 aliphatic heterocycles. The molecule has 1 unspecified atom stereocenters. The van der Waals surface area contributed by atoms with E-state index in [0.29, 0.717) is 18.7 Å². The van der Waals surface area contributed by atoms with Gasteiger partial charge in [-0.05, 0) is 25.5 Å². The van der Waals surface area contributed by atoms with E-state index < -0.39 is 5.97 Å². The van der Waals surface area contributed by atoms with Crippen molar-refractivity contribution < 1.29 is 19.1 Å². The molecule has 1 rings (SSSR count). The lowest BCUT2D eigenvalue weighted by atomic mass is 10.2. The summed E-state index contributed by atoms with van der Waals surface area (Å²) in [5.74, 6) is -0.193. The van der Waals surface area contributed by atoms with Gasteiger partial charge in [0.25, 0.3) is 0 Å². The Bertz CT molecular complexity index is 362. The Balaban J connectivity index is 2.19. The third-order valence-electron chi connectivity index (χ3n) is 2.17. The van der Waals surface area contributed by atoms with Gasteiger partial charge in [0.15, 0.2) is 0 Å². The predicted molar refractivity (Wildman–Crippen MR) is 60.5 cm³/mol. The van der Waals surface area contributed by atoms with Crippen LogP contribution in [0.15, 0.2) is 22.8 Å². The number of hydrogen-bond acceptors (Lipinski definition) is 3. The number of rotatable bonds is 6. The van der Waals surface area contributed by atoms with Crippen molar-refractivity contribution in [2.24, 2.45) is 0 Å². The highest BCUT2D eigenvalue weighted by molar-refractivity contribution is 5.74. The molecule has 2 amide bonds. The molecule has 6 nitrogen and oxygen atoms in total. The lowest BCUT2D eigenvalue weighted by Crippen LogP contribution is -2.37. The Labute approximate surface area is 99.0 Å². The van der Waals surface area contributed by atoms with E-state index in [4.69, 9.17) is 9.52 Å². The Kier molecular flexibility index (Phi) is 5.06. The lowest BCUT2D eigenvalue weighted by Gasteiger charge is -2.12. The average Bonchev–Trinajstić information content (AvgIpc) is 2.77. The van der Waals surface area contributed by atoms with E-state index in [-0.39, 0.29) is 18.5 Å². The third kappa shape index (κ3) is 5.05. The maximum absolute atomic E-state index is 11.4. The quantitative estimate of drug-likeness (QED) is 0.657. The fourth-order valence-corrected chi connectivity index (χ4v) is 1.30. The molecule has 0 aliphatic rings.